The maximum atomic E-state index is 5.68. The van der Waals surface area contributed by atoms with E-state index in [0.29, 0.717) is 0 Å². The molecule has 17 heavy (non-hydrogen) atoms. The first-order valence-corrected chi connectivity index (χ1v) is 7.68. The maximum absolute atomic E-state index is 5.68. The third-order valence-corrected chi connectivity index (χ3v) is 4.10. The number of nitrogens with two attached hydrogens (primary N) is 1. The Labute approximate surface area is 108 Å². The van der Waals surface area contributed by atoms with Crippen LogP contribution in [0.1, 0.15) is 58.8 Å². The lowest BCUT2D eigenvalue weighted by atomic mass is 9.94. The monoisotopic (exact) mass is 240 g/mol. The van der Waals surface area contributed by atoms with Crippen molar-refractivity contribution in [1.82, 2.24) is 4.90 Å². The second kappa shape index (κ2) is 8.93. The summed E-state index contributed by atoms with van der Waals surface area (Å²) in [6.07, 6.45) is 9.50. The summed E-state index contributed by atoms with van der Waals surface area (Å²) in [5, 5.41) is 0. The van der Waals surface area contributed by atoms with Gasteiger partial charge in [-0.2, -0.15) is 0 Å². The van der Waals surface area contributed by atoms with Crippen LogP contribution < -0.4 is 5.73 Å². The summed E-state index contributed by atoms with van der Waals surface area (Å²) < 4.78 is 0. The Kier molecular flexibility index (Phi) is 7.87. The summed E-state index contributed by atoms with van der Waals surface area (Å²) in [5.41, 5.74) is 5.68. The third-order valence-electron chi connectivity index (χ3n) is 4.10. The smallest absolute Gasteiger partial charge is 0.000703 e. The Hall–Kier alpha value is -0.0800. The summed E-state index contributed by atoms with van der Waals surface area (Å²) in [5.74, 6) is 1.80. The lowest BCUT2D eigenvalue weighted by molar-refractivity contribution is 0.177. The van der Waals surface area contributed by atoms with E-state index < -0.39 is 0 Å². The molecule has 2 nitrogen and oxygen atoms in total. The predicted octanol–water partition coefficient (Wildman–Crippen LogP) is 3.26. The summed E-state index contributed by atoms with van der Waals surface area (Å²) in [4.78, 5) is 2.67. The lowest BCUT2D eigenvalue weighted by Gasteiger charge is -2.31. The van der Waals surface area contributed by atoms with Gasteiger partial charge in [0, 0.05) is 6.54 Å². The molecule has 0 bridgehead atoms. The van der Waals surface area contributed by atoms with Crippen LogP contribution in [0.15, 0.2) is 0 Å². The van der Waals surface area contributed by atoms with Crippen LogP contribution in [0.25, 0.3) is 0 Å². The van der Waals surface area contributed by atoms with Gasteiger partial charge in [0.05, 0.1) is 0 Å². The van der Waals surface area contributed by atoms with Crippen molar-refractivity contribution in [3.05, 3.63) is 0 Å². The van der Waals surface area contributed by atoms with Crippen LogP contribution in [0.2, 0.25) is 0 Å². The molecule has 0 radical (unpaired) electrons. The minimum absolute atomic E-state index is 0.866. The molecule has 0 aromatic carbocycles. The molecule has 0 aromatic heterocycles. The standard InChI is InChI=1S/C15H32N2/c1-3-6-15(9-10-16)8-5-12-17-11-4-7-14(2)13-17/h14-15H,3-13,16H2,1-2H3. The molecule has 0 aromatic rings. The van der Waals surface area contributed by atoms with Crippen LogP contribution in [0.5, 0.6) is 0 Å². The van der Waals surface area contributed by atoms with Crippen LogP contribution in [-0.4, -0.2) is 31.1 Å². The van der Waals surface area contributed by atoms with Gasteiger partial charge in [-0.05, 0) is 63.6 Å². The van der Waals surface area contributed by atoms with E-state index in [2.05, 4.69) is 18.7 Å². The zero-order valence-electron chi connectivity index (χ0n) is 12.0. The number of rotatable bonds is 8. The predicted molar refractivity (Wildman–Crippen MR) is 76.1 cm³/mol. The molecular formula is C15H32N2. The SMILES string of the molecule is CCCC(CCN)CCCN1CCCC(C)C1. The minimum atomic E-state index is 0.866. The fraction of sp³-hybridized carbons (Fsp3) is 1.00. The molecule has 0 aliphatic carbocycles. The summed E-state index contributed by atoms with van der Waals surface area (Å²) in [7, 11) is 0. The van der Waals surface area contributed by atoms with Crippen molar-refractivity contribution in [3.8, 4) is 0 Å². The molecule has 1 rings (SSSR count). The molecule has 2 heteroatoms. The van der Waals surface area contributed by atoms with Gasteiger partial charge in [-0.3, -0.25) is 0 Å². The van der Waals surface area contributed by atoms with Gasteiger partial charge in [-0.15, -0.1) is 0 Å². The van der Waals surface area contributed by atoms with Gasteiger partial charge in [0.15, 0.2) is 0 Å². The van der Waals surface area contributed by atoms with Gasteiger partial charge in [0.25, 0.3) is 0 Å². The lowest BCUT2D eigenvalue weighted by Crippen LogP contribution is -2.35. The second-order valence-electron chi connectivity index (χ2n) is 5.92. The minimum Gasteiger partial charge on any atom is -0.330 e. The van der Waals surface area contributed by atoms with Crippen molar-refractivity contribution in [2.45, 2.75) is 58.8 Å². The van der Waals surface area contributed by atoms with E-state index in [1.807, 2.05) is 0 Å². The largest absolute Gasteiger partial charge is 0.330 e. The quantitative estimate of drug-likeness (QED) is 0.705. The molecule has 0 spiro atoms. The number of hydrogen-bond donors (Lipinski definition) is 1. The molecule has 0 amide bonds. The van der Waals surface area contributed by atoms with Crippen LogP contribution in [-0.2, 0) is 0 Å². The molecular weight excluding hydrogens is 208 g/mol. The highest BCUT2D eigenvalue weighted by molar-refractivity contribution is 4.70. The van der Waals surface area contributed by atoms with Crippen LogP contribution >= 0.6 is 0 Å². The first-order chi connectivity index (χ1) is 8.26. The van der Waals surface area contributed by atoms with Crippen LogP contribution in [0, 0.1) is 11.8 Å². The van der Waals surface area contributed by atoms with Crippen LogP contribution in [0.4, 0.5) is 0 Å². The number of nitrogens with zero attached hydrogens (tertiary/aromatic N) is 1. The zero-order chi connectivity index (χ0) is 12.5. The van der Waals surface area contributed by atoms with Crippen molar-refractivity contribution >= 4 is 0 Å². The van der Waals surface area contributed by atoms with E-state index in [9.17, 15) is 0 Å². The Balaban J connectivity index is 2.11. The number of likely N-dealkylation sites (tertiary alicyclic amines) is 1. The van der Waals surface area contributed by atoms with E-state index in [1.54, 1.807) is 0 Å². The van der Waals surface area contributed by atoms with E-state index in [-0.39, 0.29) is 0 Å². The highest BCUT2D eigenvalue weighted by atomic mass is 15.1. The molecule has 1 aliphatic rings. The van der Waals surface area contributed by atoms with Gasteiger partial charge >= 0.3 is 0 Å². The third kappa shape index (κ3) is 6.42. The summed E-state index contributed by atoms with van der Waals surface area (Å²) in [6, 6.07) is 0. The first-order valence-electron chi connectivity index (χ1n) is 7.68. The first kappa shape index (κ1) is 15.0. The molecule has 2 N–H and O–H groups in total. The Morgan fingerprint density at radius 2 is 2.12 bits per heavy atom. The van der Waals surface area contributed by atoms with E-state index in [0.717, 1.165) is 18.4 Å². The maximum Gasteiger partial charge on any atom is 0.000703 e. The van der Waals surface area contributed by atoms with Crippen LogP contribution in [0.3, 0.4) is 0 Å². The molecule has 0 saturated carbocycles. The molecule has 1 saturated heterocycles. The topological polar surface area (TPSA) is 29.3 Å². The molecule has 2 atom stereocenters. The second-order valence-corrected chi connectivity index (χ2v) is 5.92. The van der Waals surface area contributed by atoms with Crippen molar-refractivity contribution in [2.75, 3.05) is 26.2 Å². The van der Waals surface area contributed by atoms with Crippen molar-refractivity contribution < 1.29 is 0 Å². The van der Waals surface area contributed by atoms with Gasteiger partial charge in [0.1, 0.15) is 0 Å². The normalized spacial score (nSPS) is 23.8. The number of hydrogen-bond acceptors (Lipinski definition) is 2. The zero-order valence-corrected chi connectivity index (χ0v) is 12.0. The molecule has 2 unspecified atom stereocenters. The van der Waals surface area contributed by atoms with E-state index >= 15 is 0 Å². The fourth-order valence-corrected chi connectivity index (χ4v) is 3.17. The Bertz CT molecular complexity index is 171. The average molecular weight is 240 g/mol. The van der Waals surface area contributed by atoms with Crippen molar-refractivity contribution in [2.24, 2.45) is 17.6 Å². The molecule has 1 heterocycles. The van der Waals surface area contributed by atoms with Crippen molar-refractivity contribution in [1.29, 1.82) is 0 Å². The highest BCUT2D eigenvalue weighted by Crippen LogP contribution is 2.19. The summed E-state index contributed by atoms with van der Waals surface area (Å²) >= 11 is 0. The van der Waals surface area contributed by atoms with E-state index in [4.69, 9.17) is 5.73 Å². The molecule has 1 aliphatic heterocycles. The van der Waals surface area contributed by atoms with Gasteiger partial charge in [0.2, 0.25) is 0 Å². The van der Waals surface area contributed by atoms with Gasteiger partial charge in [-0.25, -0.2) is 0 Å². The summed E-state index contributed by atoms with van der Waals surface area (Å²) in [6.45, 7) is 9.52. The van der Waals surface area contributed by atoms with Gasteiger partial charge < -0.3 is 10.6 Å². The fourth-order valence-electron chi connectivity index (χ4n) is 3.17. The Morgan fingerprint density at radius 3 is 2.76 bits per heavy atom. The average Bonchev–Trinajstić information content (AvgIpc) is 2.30. The van der Waals surface area contributed by atoms with Crippen molar-refractivity contribution in [3.63, 3.8) is 0 Å². The highest BCUT2D eigenvalue weighted by Gasteiger charge is 2.16. The van der Waals surface area contributed by atoms with E-state index in [1.165, 1.54) is 64.6 Å². The number of piperidine rings is 1. The van der Waals surface area contributed by atoms with Gasteiger partial charge in [-0.1, -0.05) is 26.7 Å². The molecule has 102 valence electrons. The molecule has 1 fully saturated rings. The Morgan fingerprint density at radius 1 is 1.29 bits per heavy atom.